The molecule has 3 N–H and O–H groups in total. The Morgan fingerprint density at radius 3 is 3.04 bits per heavy atom. The van der Waals surface area contributed by atoms with E-state index in [4.69, 9.17) is 16.0 Å². The van der Waals surface area contributed by atoms with Crippen LogP contribution in [-0.4, -0.2) is 26.9 Å². The minimum Gasteiger partial charge on any atom is -0.463 e. The zero-order chi connectivity index (χ0) is 18.7. The Kier molecular flexibility index (Phi) is 4.93. The first-order valence-corrected chi connectivity index (χ1v) is 9.34. The predicted octanol–water partition coefficient (Wildman–Crippen LogP) is 4.46. The number of aromatic nitrogens is 2. The van der Waals surface area contributed by atoms with E-state index in [1.165, 1.54) is 0 Å². The molecule has 1 aliphatic rings. The first-order chi connectivity index (χ1) is 13.1. The Morgan fingerprint density at radius 1 is 1.30 bits per heavy atom. The van der Waals surface area contributed by atoms with Crippen molar-refractivity contribution >= 4 is 17.4 Å². The van der Waals surface area contributed by atoms with E-state index in [-0.39, 0.29) is 6.04 Å². The standard InChI is InChI=1S/C21H20ClN3O2/c22-16-5-1-4-15(12-16)8-10-21(26)9-2-6-17(14-21)23-20-13-18(24-25-20)19-7-3-11-27-19/h1,3-5,7,11-13,17,26H,2,6,9,14H2,(H2,23,24,25)/t17-,21+/m0/s1. The molecule has 6 heteroatoms. The summed E-state index contributed by atoms with van der Waals surface area (Å²) in [5, 5.41) is 22.2. The van der Waals surface area contributed by atoms with Gasteiger partial charge in [0.15, 0.2) is 5.76 Å². The molecule has 3 aromatic rings. The highest BCUT2D eigenvalue weighted by molar-refractivity contribution is 6.30. The van der Waals surface area contributed by atoms with Crippen LogP contribution in [0.5, 0.6) is 0 Å². The van der Waals surface area contributed by atoms with E-state index in [2.05, 4.69) is 27.4 Å². The van der Waals surface area contributed by atoms with Gasteiger partial charge in [-0.2, -0.15) is 5.10 Å². The molecule has 0 bridgehead atoms. The number of H-pyrrole nitrogens is 1. The molecule has 1 aromatic carbocycles. The lowest BCUT2D eigenvalue weighted by molar-refractivity contribution is 0.0561. The maximum atomic E-state index is 10.9. The molecule has 1 aliphatic carbocycles. The lowest BCUT2D eigenvalue weighted by atomic mass is 9.82. The van der Waals surface area contributed by atoms with Crippen molar-refractivity contribution in [1.82, 2.24) is 10.2 Å². The minimum atomic E-state index is -1.02. The second-order valence-corrected chi connectivity index (χ2v) is 7.31. The summed E-state index contributed by atoms with van der Waals surface area (Å²) >= 11 is 6.00. The third kappa shape index (κ3) is 4.36. The van der Waals surface area contributed by atoms with Crippen LogP contribution in [0.25, 0.3) is 11.5 Å². The Bertz CT molecular complexity index is 971. The normalized spacial score (nSPS) is 22.1. The van der Waals surface area contributed by atoms with Crippen LogP contribution < -0.4 is 5.32 Å². The number of aromatic amines is 1. The van der Waals surface area contributed by atoms with Gasteiger partial charge in [0.05, 0.1) is 6.26 Å². The van der Waals surface area contributed by atoms with E-state index in [1.54, 1.807) is 12.3 Å². The van der Waals surface area contributed by atoms with E-state index in [0.29, 0.717) is 17.9 Å². The SMILES string of the molecule is O[C@@]1(C#Cc2cccc(Cl)c2)CCC[C@H](Nc2cc(-c3ccco3)[nH]n2)C1. The number of aliphatic hydroxyl groups is 1. The van der Waals surface area contributed by atoms with E-state index in [1.807, 2.05) is 36.4 Å². The first-order valence-electron chi connectivity index (χ1n) is 8.97. The predicted molar refractivity (Wildman–Crippen MR) is 105 cm³/mol. The molecule has 2 aromatic heterocycles. The quantitative estimate of drug-likeness (QED) is 0.585. The van der Waals surface area contributed by atoms with E-state index in [0.717, 1.165) is 35.7 Å². The van der Waals surface area contributed by atoms with Gasteiger partial charge in [0.1, 0.15) is 17.1 Å². The monoisotopic (exact) mass is 381 g/mol. The van der Waals surface area contributed by atoms with Crippen molar-refractivity contribution in [3.05, 3.63) is 59.3 Å². The molecule has 0 spiro atoms. The largest absolute Gasteiger partial charge is 0.463 e. The van der Waals surface area contributed by atoms with Gasteiger partial charge >= 0.3 is 0 Å². The van der Waals surface area contributed by atoms with Crippen LogP contribution in [0.2, 0.25) is 5.02 Å². The van der Waals surface area contributed by atoms with Crippen LogP contribution in [0.15, 0.2) is 53.1 Å². The van der Waals surface area contributed by atoms with E-state index >= 15 is 0 Å². The summed E-state index contributed by atoms with van der Waals surface area (Å²) in [6, 6.07) is 13.1. The smallest absolute Gasteiger partial charge is 0.151 e. The molecule has 27 heavy (non-hydrogen) atoms. The van der Waals surface area contributed by atoms with Gasteiger partial charge < -0.3 is 14.8 Å². The van der Waals surface area contributed by atoms with Gasteiger partial charge in [-0.15, -0.1) is 0 Å². The van der Waals surface area contributed by atoms with Gasteiger partial charge in [0.25, 0.3) is 0 Å². The first kappa shape index (κ1) is 17.7. The average molecular weight is 382 g/mol. The Morgan fingerprint density at radius 2 is 2.22 bits per heavy atom. The summed E-state index contributed by atoms with van der Waals surface area (Å²) in [6.45, 7) is 0. The third-order valence-electron chi connectivity index (χ3n) is 4.71. The molecule has 5 nitrogen and oxygen atoms in total. The zero-order valence-electron chi connectivity index (χ0n) is 14.7. The molecular weight excluding hydrogens is 362 g/mol. The second kappa shape index (κ2) is 7.51. The van der Waals surface area contributed by atoms with E-state index in [9.17, 15) is 5.11 Å². The van der Waals surface area contributed by atoms with Crippen molar-refractivity contribution in [1.29, 1.82) is 0 Å². The van der Waals surface area contributed by atoms with Crippen LogP contribution in [0.1, 0.15) is 31.2 Å². The summed E-state index contributed by atoms with van der Waals surface area (Å²) in [7, 11) is 0. The Labute approximate surface area is 162 Å². The molecule has 0 radical (unpaired) electrons. The number of benzene rings is 1. The number of hydrogen-bond acceptors (Lipinski definition) is 4. The summed E-state index contributed by atoms with van der Waals surface area (Å²) in [5.41, 5.74) is 0.606. The third-order valence-corrected chi connectivity index (χ3v) is 4.94. The van der Waals surface area contributed by atoms with Gasteiger partial charge in [-0.1, -0.05) is 29.5 Å². The van der Waals surface area contributed by atoms with Crippen LogP contribution in [0.4, 0.5) is 5.82 Å². The summed E-state index contributed by atoms with van der Waals surface area (Å²) in [5.74, 6) is 7.58. The number of hydrogen-bond donors (Lipinski definition) is 3. The fourth-order valence-electron chi connectivity index (χ4n) is 3.41. The molecule has 2 heterocycles. The van der Waals surface area contributed by atoms with Crippen molar-refractivity contribution < 1.29 is 9.52 Å². The highest BCUT2D eigenvalue weighted by Gasteiger charge is 2.33. The molecular formula is C21H20ClN3O2. The number of nitrogens with one attached hydrogen (secondary N) is 2. The van der Waals surface area contributed by atoms with Gasteiger partial charge in [0.2, 0.25) is 0 Å². The number of anilines is 1. The minimum absolute atomic E-state index is 0.102. The molecule has 0 aliphatic heterocycles. The fraction of sp³-hybridized carbons (Fsp3) is 0.286. The maximum Gasteiger partial charge on any atom is 0.151 e. The summed E-state index contributed by atoms with van der Waals surface area (Å²) < 4.78 is 5.37. The molecule has 2 atom stereocenters. The van der Waals surface area contributed by atoms with Crippen LogP contribution >= 0.6 is 11.6 Å². The number of rotatable bonds is 3. The molecule has 1 fully saturated rings. The number of nitrogens with zero attached hydrogens (tertiary/aromatic N) is 1. The molecule has 1 saturated carbocycles. The molecule has 4 rings (SSSR count). The van der Waals surface area contributed by atoms with E-state index < -0.39 is 5.60 Å². The highest BCUT2D eigenvalue weighted by atomic mass is 35.5. The van der Waals surface area contributed by atoms with Crippen molar-refractivity contribution in [3.63, 3.8) is 0 Å². The lowest BCUT2D eigenvalue weighted by Gasteiger charge is -2.33. The molecule has 0 saturated heterocycles. The maximum absolute atomic E-state index is 10.9. The van der Waals surface area contributed by atoms with Gasteiger partial charge in [-0.05, 0) is 49.6 Å². The van der Waals surface area contributed by atoms with Crippen LogP contribution in [-0.2, 0) is 0 Å². The van der Waals surface area contributed by atoms with Crippen molar-refractivity contribution in [2.45, 2.75) is 37.3 Å². The average Bonchev–Trinajstić information content (AvgIpc) is 3.32. The fourth-order valence-corrected chi connectivity index (χ4v) is 3.60. The molecule has 0 amide bonds. The van der Waals surface area contributed by atoms with Crippen molar-refractivity contribution in [3.8, 4) is 23.3 Å². The second-order valence-electron chi connectivity index (χ2n) is 6.87. The van der Waals surface area contributed by atoms with Crippen LogP contribution in [0, 0.1) is 11.8 Å². The topological polar surface area (TPSA) is 74.1 Å². The van der Waals surface area contributed by atoms with Crippen molar-refractivity contribution in [2.24, 2.45) is 0 Å². The lowest BCUT2D eigenvalue weighted by Crippen LogP contribution is -2.39. The Hall–Kier alpha value is -2.68. The summed E-state index contributed by atoms with van der Waals surface area (Å²) in [4.78, 5) is 0. The Balaban J connectivity index is 1.43. The van der Waals surface area contributed by atoms with Gasteiger partial charge in [-0.25, -0.2) is 0 Å². The molecule has 0 unspecified atom stereocenters. The number of furan rings is 1. The van der Waals surface area contributed by atoms with Crippen LogP contribution in [0.3, 0.4) is 0 Å². The molecule has 138 valence electrons. The number of halogens is 1. The summed E-state index contributed by atoms with van der Waals surface area (Å²) in [6.07, 6.45) is 4.70. The van der Waals surface area contributed by atoms with Crippen molar-refractivity contribution in [2.75, 3.05) is 5.32 Å². The zero-order valence-corrected chi connectivity index (χ0v) is 15.5. The van der Waals surface area contributed by atoms with Gasteiger partial charge in [-0.3, -0.25) is 5.10 Å². The highest BCUT2D eigenvalue weighted by Crippen LogP contribution is 2.30. The van der Waals surface area contributed by atoms with Gasteiger partial charge in [0, 0.05) is 29.1 Å².